The lowest BCUT2D eigenvalue weighted by molar-refractivity contribution is 0.843. The van der Waals surface area contributed by atoms with Crippen LogP contribution >= 0.6 is 31.9 Å². The summed E-state index contributed by atoms with van der Waals surface area (Å²) in [5, 5.41) is 0. The molecule has 1 aromatic rings. The van der Waals surface area contributed by atoms with Gasteiger partial charge >= 0.3 is 0 Å². The van der Waals surface area contributed by atoms with Gasteiger partial charge in [0.1, 0.15) is 0 Å². The molecule has 0 amide bonds. The van der Waals surface area contributed by atoms with Crippen LogP contribution in [0.25, 0.3) is 6.08 Å². The van der Waals surface area contributed by atoms with E-state index in [4.69, 9.17) is 0 Å². The fourth-order valence-electron chi connectivity index (χ4n) is 1.15. The Labute approximate surface area is 89.7 Å². The molecule has 1 nitrogen and oxygen atoms in total. The molecule has 0 aromatic carbocycles. The Morgan fingerprint density at radius 2 is 2.00 bits per heavy atom. The lowest BCUT2D eigenvalue weighted by Crippen LogP contribution is -1.92. The minimum atomic E-state index is 0.976. The Kier molecular flexibility index (Phi) is 3.18. The average Bonchev–Trinajstić information content (AvgIpc) is 2.17. The molecular formula is C9H11Br2N. The predicted octanol–water partition coefficient (Wildman–Crippen LogP) is 3.73. The van der Waals surface area contributed by atoms with Crippen LogP contribution in [0.15, 0.2) is 9.46 Å². The Hall–Kier alpha value is -0.0200. The maximum atomic E-state index is 3.35. The molecule has 0 saturated heterocycles. The van der Waals surface area contributed by atoms with E-state index in [0.717, 1.165) is 3.39 Å². The second-order valence-electron chi connectivity index (χ2n) is 2.82. The summed E-state index contributed by atoms with van der Waals surface area (Å²) in [4.78, 5) is 0. The van der Waals surface area contributed by atoms with E-state index in [9.17, 15) is 0 Å². The summed E-state index contributed by atoms with van der Waals surface area (Å²) in [6.45, 7) is 4.22. The lowest BCUT2D eigenvalue weighted by atomic mass is 10.2. The summed E-state index contributed by atoms with van der Waals surface area (Å²) in [7, 11) is 2.07. The fraction of sp³-hybridized carbons (Fsp3) is 0.333. The van der Waals surface area contributed by atoms with Crippen LogP contribution in [-0.4, -0.2) is 4.57 Å². The van der Waals surface area contributed by atoms with Gasteiger partial charge in [0, 0.05) is 18.4 Å². The molecule has 0 radical (unpaired) electrons. The molecule has 66 valence electrons. The summed E-state index contributed by atoms with van der Waals surface area (Å²) >= 11 is 6.70. The van der Waals surface area contributed by atoms with E-state index in [1.807, 2.05) is 0 Å². The summed E-state index contributed by atoms with van der Waals surface area (Å²) in [5.41, 5.74) is 3.81. The first-order chi connectivity index (χ1) is 5.52. The van der Waals surface area contributed by atoms with Crippen LogP contribution in [0.4, 0.5) is 0 Å². The normalized spacial score (nSPS) is 10.1. The van der Waals surface area contributed by atoms with Gasteiger partial charge in [0.15, 0.2) is 0 Å². The molecule has 0 saturated carbocycles. The monoisotopic (exact) mass is 291 g/mol. The third-order valence-electron chi connectivity index (χ3n) is 2.08. The molecule has 0 aliphatic heterocycles. The molecule has 1 aromatic heterocycles. The molecule has 0 aliphatic rings. The van der Waals surface area contributed by atoms with Gasteiger partial charge in [-0.2, -0.15) is 0 Å². The molecule has 0 atom stereocenters. The number of hydrogen-bond acceptors (Lipinski definition) is 0. The Balaban J connectivity index is 3.18. The summed E-state index contributed by atoms with van der Waals surface area (Å²) in [6, 6.07) is 2.16. The first-order valence-electron chi connectivity index (χ1n) is 3.68. The van der Waals surface area contributed by atoms with E-state index in [1.165, 1.54) is 17.0 Å². The van der Waals surface area contributed by atoms with Gasteiger partial charge in [-0.25, -0.2) is 0 Å². The van der Waals surface area contributed by atoms with Crippen molar-refractivity contribution in [3.8, 4) is 0 Å². The van der Waals surface area contributed by atoms with Crippen LogP contribution in [0.1, 0.15) is 17.0 Å². The van der Waals surface area contributed by atoms with Crippen molar-refractivity contribution in [2.24, 2.45) is 7.05 Å². The first-order valence-corrected chi connectivity index (χ1v) is 5.26. The number of aromatic nitrogens is 1. The van der Waals surface area contributed by atoms with E-state index < -0.39 is 0 Å². The van der Waals surface area contributed by atoms with Crippen molar-refractivity contribution in [1.29, 1.82) is 0 Å². The number of aryl methyl sites for hydroxylation is 1. The maximum Gasteiger partial charge on any atom is 0.0610 e. The molecule has 12 heavy (non-hydrogen) atoms. The van der Waals surface area contributed by atoms with E-state index in [0.29, 0.717) is 0 Å². The molecule has 3 heteroatoms. The van der Waals surface area contributed by atoms with Gasteiger partial charge in [-0.15, -0.1) is 0 Å². The van der Waals surface area contributed by atoms with Crippen molar-refractivity contribution < 1.29 is 0 Å². The molecule has 0 spiro atoms. The molecule has 0 aliphatic carbocycles. The molecule has 1 rings (SSSR count). The van der Waals surface area contributed by atoms with Gasteiger partial charge in [0.05, 0.1) is 3.39 Å². The Bertz CT molecular complexity index is 320. The zero-order valence-corrected chi connectivity index (χ0v) is 10.5. The van der Waals surface area contributed by atoms with Gasteiger partial charge in [0.2, 0.25) is 0 Å². The zero-order valence-electron chi connectivity index (χ0n) is 7.36. The van der Waals surface area contributed by atoms with Crippen LogP contribution in [-0.2, 0) is 7.05 Å². The second kappa shape index (κ2) is 3.79. The van der Waals surface area contributed by atoms with Crippen LogP contribution in [0.3, 0.4) is 0 Å². The van der Waals surface area contributed by atoms with Gasteiger partial charge in [-0.1, -0.05) is 0 Å². The number of nitrogens with zero attached hydrogens (tertiary/aromatic N) is 1. The number of hydrogen-bond donors (Lipinski definition) is 0. The van der Waals surface area contributed by atoms with Crippen molar-refractivity contribution in [1.82, 2.24) is 4.57 Å². The lowest BCUT2D eigenvalue weighted by Gasteiger charge is -1.98. The predicted molar refractivity (Wildman–Crippen MR) is 60.7 cm³/mol. The molecular weight excluding hydrogens is 282 g/mol. The summed E-state index contributed by atoms with van der Waals surface area (Å²) < 4.78 is 3.15. The largest absolute Gasteiger partial charge is 0.352 e. The maximum absolute atomic E-state index is 3.35. The summed E-state index contributed by atoms with van der Waals surface area (Å²) in [6.07, 6.45) is 2.06. The van der Waals surface area contributed by atoms with Crippen molar-refractivity contribution >= 4 is 37.9 Å². The van der Waals surface area contributed by atoms with Crippen molar-refractivity contribution in [2.45, 2.75) is 13.8 Å². The van der Waals surface area contributed by atoms with Gasteiger partial charge in [-0.05, 0) is 63.4 Å². The quantitative estimate of drug-likeness (QED) is 0.743. The van der Waals surface area contributed by atoms with Gasteiger partial charge in [0.25, 0.3) is 0 Å². The average molecular weight is 293 g/mol. The van der Waals surface area contributed by atoms with E-state index in [2.05, 4.69) is 69.5 Å². The fourth-order valence-corrected chi connectivity index (χ4v) is 1.64. The van der Waals surface area contributed by atoms with Crippen molar-refractivity contribution in [3.63, 3.8) is 0 Å². The van der Waals surface area contributed by atoms with E-state index in [1.54, 1.807) is 0 Å². The summed E-state index contributed by atoms with van der Waals surface area (Å²) in [5.74, 6) is 0. The number of halogens is 2. The SMILES string of the molecule is Cc1cc(C=C(Br)Br)c(C)n1C. The van der Waals surface area contributed by atoms with Crippen molar-refractivity contribution in [3.05, 3.63) is 26.4 Å². The van der Waals surface area contributed by atoms with E-state index in [-0.39, 0.29) is 0 Å². The van der Waals surface area contributed by atoms with Crippen LogP contribution < -0.4 is 0 Å². The molecule has 0 unspecified atom stereocenters. The van der Waals surface area contributed by atoms with Gasteiger partial charge in [-0.3, -0.25) is 0 Å². The Morgan fingerprint density at radius 1 is 1.42 bits per heavy atom. The van der Waals surface area contributed by atoms with Crippen LogP contribution in [0, 0.1) is 13.8 Å². The molecule has 1 heterocycles. The van der Waals surface area contributed by atoms with Crippen molar-refractivity contribution in [2.75, 3.05) is 0 Å². The standard InChI is InChI=1S/C9H11Br2N/c1-6-4-8(5-9(10)11)7(2)12(6)3/h4-5H,1-3H3. The molecule has 0 bridgehead atoms. The Morgan fingerprint density at radius 3 is 2.33 bits per heavy atom. The zero-order chi connectivity index (χ0) is 9.30. The topological polar surface area (TPSA) is 4.93 Å². The number of rotatable bonds is 1. The third-order valence-corrected chi connectivity index (χ3v) is 2.54. The highest BCUT2D eigenvalue weighted by molar-refractivity contribution is 9.28. The molecule has 0 N–H and O–H groups in total. The highest BCUT2D eigenvalue weighted by Gasteiger charge is 2.02. The smallest absolute Gasteiger partial charge is 0.0610 e. The van der Waals surface area contributed by atoms with Crippen LogP contribution in [0.2, 0.25) is 0 Å². The minimum absolute atomic E-state index is 0.976. The third kappa shape index (κ3) is 2.02. The van der Waals surface area contributed by atoms with Crippen LogP contribution in [0.5, 0.6) is 0 Å². The first kappa shape index (κ1) is 10.1. The minimum Gasteiger partial charge on any atom is -0.352 e. The highest BCUT2D eigenvalue weighted by atomic mass is 79.9. The highest BCUT2D eigenvalue weighted by Crippen LogP contribution is 2.22. The van der Waals surface area contributed by atoms with E-state index >= 15 is 0 Å². The molecule has 0 fully saturated rings. The second-order valence-corrected chi connectivity index (χ2v) is 5.59. The van der Waals surface area contributed by atoms with Gasteiger partial charge < -0.3 is 4.57 Å².